The van der Waals surface area contributed by atoms with E-state index < -0.39 is 28.5 Å². The quantitative estimate of drug-likeness (QED) is 0.418. The van der Waals surface area contributed by atoms with Gasteiger partial charge in [-0.1, -0.05) is 72.8 Å². The number of carbonyl (C=O) groups excluding carboxylic acids is 2. The van der Waals surface area contributed by atoms with E-state index in [2.05, 4.69) is 5.32 Å². The molecule has 0 heterocycles. The van der Waals surface area contributed by atoms with E-state index in [-0.39, 0.29) is 34.2 Å². The minimum absolute atomic E-state index is 0.0497. The fraction of sp³-hybridized carbons (Fsp3) is 0.440. The number of benzene rings is 2. The van der Waals surface area contributed by atoms with Gasteiger partial charge in [0.15, 0.2) is 0 Å². The summed E-state index contributed by atoms with van der Waals surface area (Å²) in [7, 11) is -3.87. The average molecular weight is 575 g/mol. The molecule has 1 N–H and O–H groups in total. The third-order valence-corrected chi connectivity index (χ3v) is 8.50. The lowest BCUT2D eigenvalue weighted by Crippen LogP contribution is -2.53. The Labute approximate surface area is 227 Å². The SMILES string of the molecule is CC[C@@H](C(=O)NC1CCCC1)N(Cc1ccccc1Cl)C(=O)CN(c1ccc(Cl)c(Cl)c1)S(C)(=O)=O. The van der Waals surface area contributed by atoms with Crippen molar-refractivity contribution in [3.05, 3.63) is 63.1 Å². The number of halogens is 3. The molecule has 36 heavy (non-hydrogen) atoms. The van der Waals surface area contributed by atoms with Crippen molar-refractivity contribution in [1.82, 2.24) is 10.2 Å². The molecule has 196 valence electrons. The van der Waals surface area contributed by atoms with E-state index in [0.717, 1.165) is 36.2 Å². The largest absolute Gasteiger partial charge is 0.352 e. The highest BCUT2D eigenvalue weighted by atomic mass is 35.5. The molecule has 1 aliphatic rings. The molecule has 1 saturated carbocycles. The van der Waals surface area contributed by atoms with Crippen molar-refractivity contribution in [3.8, 4) is 0 Å². The lowest BCUT2D eigenvalue weighted by atomic mass is 10.1. The summed E-state index contributed by atoms with van der Waals surface area (Å²) in [5.74, 6) is -0.801. The number of carbonyl (C=O) groups is 2. The summed E-state index contributed by atoms with van der Waals surface area (Å²) >= 11 is 18.5. The number of nitrogens with one attached hydrogen (secondary N) is 1. The standard InChI is InChI=1S/C25H30Cl3N3O4S/c1-3-23(25(33)29-18-9-5-6-10-18)30(15-17-8-4-7-11-20(17)26)24(32)16-31(36(2,34)35)19-12-13-21(27)22(28)14-19/h4,7-8,11-14,18,23H,3,5-6,9-10,15-16H2,1-2H3,(H,29,33)/t23-/m0/s1. The van der Waals surface area contributed by atoms with Crippen LogP contribution in [-0.2, 0) is 26.2 Å². The highest BCUT2D eigenvalue weighted by Gasteiger charge is 2.33. The van der Waals surface area contributed by atoms with Crippen molar-refractivity contribution in [2.24, 2.45) is 0 Å². The van der Waals surface area contributed by atoms with Crippen molar-refractivity contribution < 1.29 is 18.0 Å². The zero-order chi connectivity index (χ0) is 26.5. The number of anilines is 1. The Morgan fingerprint density at radius 2 is 1.69 bits per heavy atom. The Kier molecular flexibility index (Phi) is 9.92. The molecule has 0 radical (unpaired) electrons. The molecule has 1 fully saturated rings. The first-order valence-corrected chi connectivity index (χ1v) is 14.8. The number of rotatable bonds is 10. The molecule has 0 bridgehead atoms. The molecule has 7 nitrogen and oxygen atoms in total. The maximum atomic E-state index is 13.7. The van der Waals surface area contributed by atoms with Crippen molar-refractivity contribution in [2.75, 3.05) is 17.1 Å². The molecule has 2 aromatic carbocycles. The molecule has 0 aliphatic heterocycles. The molecule has 2 aromatic rings. The van der Waals surface area contributed by atoms with Crippen LogP contribution in [0.3, 0.4) is 0 Å². The van der Waals surface area contributed by atoms with Crippen molar-refractivity contribution in [3.63, 3.8) is 0 Å². The minimum Gasteiger partial charge on any atom is -0.352 e. The molecule has 0 aromatic heterocycles. The van der Waals surface area contributed by atoms with Gasteiger partial charge in [0.2, 0.25) is 21.8 Å². The topological polar surface area (TPSA) is 86.8 Å². The molecule has 2 amide bonds. The van der Waals surface area contributed by atoms with E-state index in [1.165, 1.54) is 23.1 Å². The van der Waals surface area contributed by atoms with Crippen LogP contribution in [0.5, 0.6) is 0 Å². The summed E-state index contributed by atoms with van der Waals surface area (Å²) in [6.45, 7) is 1.35. The summed E-state index contributed by atoms with van der Waals surface area (Å²) in [6.07, 6.45) is 5.26. The van der Waals surface area contributed by atoms with Crippen LogP contribution in [0.2, 0.25) is 15.1 Å². The van der Waals surface area contributed by atoms with E-state index in [4.69, 9.17) is 34.8 Å². The zero-order valence-electron chi connectivity index (χ0n) is 20.2. The van der Waals surface area contributed by atoms with Crippen LogP contribution in [0.4, 0.5) is 5.69 Å². The van der Waals surface area contributed by atoms with Crippen LogP contribution in [0.25, 0.3) is 0 Å². The Balaban J connectivity index is 1.94. The second kappa shape index (κ2) is 12.5. The summed E-state index contributed by atoms with van der Waals surface area (Å²) in [5.41, 5.74) is 0.849. The van der Waals surface area contributed by atoms with Gasteiger partial charge in [-0.2, -0.15) is 0 Å². The molecule has 0 spiro atoms. The Hall–Kier alpha value is -2.00. The molecule has 0 unspecified atom stereocenters. The van der Waals surface area contributed by atoms with Crippen LogP contribution in [0.1, 0.15) is 44.6 Å². The summed E-state index contributed by atoms with van der Waals surface area (Å²) in [4.78, 5) is 28.4. The van der Waals surface area contributed by atoms with Gasteiger partial charge in [0.25, 0.3) is 0 Å². The fourth-order valence-corrected chi connectivity index (χ4v) is 5.68. The maximum absolute atomic E-state index is 13.7. The van der Waals surface area contributed by atoms with E-state index in [1.54, 1.807) is 24.3 Å². The highest BCUT2D eigenvalue weighted by Crippen LogP contribution is 2.29. The van der Waals surface area contributed by atoms with Gasteiger partial charge in [-0.25, -0.2) is 8.42 Å². The molecule has 1 aliphatic carbocycles. The Bertz CT molecular complexity index is 1200. The minimum atomic E-state index is -3.87. The van der Waals surface area contributed by atoms with Crippen LogP contribution in [0, 0.1) is 0 Å². The number of sulfonamides is 1. The first-order chi connectivity index (χ1) is 17.0. The van der Waals surface area contributed by atoms with Gasteiger partial charge in [-0.05, 0) is 49.1 Å². The van der Waals surface area contributed by atoms with Crippen LogP contribution >= 0.6 is 34.8 Å². The van der Waals surface area contributed by atoms with Crippen molar-refractivity contribution in [1.29, 1.82) is 0 Å². The van der Waals surface area contributed by atoms with Crippen molar-refractivity contribution in [2.45, 2.75) is 57.7 Å². The molecule has 3 rings (SSSR count). The number of amides is 2. The predicted molar refractivity (Wildman–Crippen MR) is 145 cm³/mol. The smallest absolute Gasteiger partial charge is 0.244 e. The van der Waals surface area contributed by atoms with E-state index in [1.807, 2.05) is 6.92 Å². The van der Waals surface area contributed by atoms with Crippen LogP contribution in [-0.4, -0.2) is 50.0 Å². The predicted octanol–water partition coefficient (Wildman–Crippen LogP) is 5.28. The molecular formula is C25H30Cl3N3O4S. The van der Waals surface area contributed by atoms with Gasteiger partial charge in [0.1, 0.15) is 12.6 Å². The van der Waals surface area contributed by atoms with Crippen LogP contribution < -0.4 is 9.62 Å². The molecule has 11 heteroatoms. The second-order valence-corrected chi connectivity index (χ2v) is 12.0. The fourth-order valence-electron chi connectivity index (χ4n) is 4.35. The first-order valence-electron chi connectivity index (χ1n) is 11.8. The second-order valence-electron chi connectivity index (χ2n) is 8.90. The Morgan fingerprint density at radius 1 is 1.03 bits per heavy atom. The molecule has 0 saturated heterocycles. The number of hydrogen-bond acceptors (Lipinski definition) is 4. The average Bonchev–Trinajstić information content (AvgIpc) is 3.32. The third-order valence-electron chi connectivity index (χ3n) is 6.26. The first kappa shape index (κ1) is 28.6. The third kappa shape index (κ3) is 7.28. The number of nitrogens with zero attached hydrogens (tertiary/aromatic N) is 2. The van der Waals surface area contributed by atoms with Crippen LogP contribution in [0.15, 0.2) is 42.5 Å². The molecule has 1 atom stereocenters. The van der Waals surface area contributed by atoms with Gasteiger partial charge in [0, 0.05) is 17.6 Å². The highest BCUT2D eigenvalue weighted by molar-refractivity contribution is 7.92. The van der Waals surface area contributed by atoms with Gasteiger partial charge in [-0.3, -0.25) is 13.9 Å². The van der Waals surface area contributed by atoms with E-state index >= 15 is 0 Å². The number of hydrogen-bond donors (Lipinski definition) is 1. The lowest BCUT2D eigenvalue weighted by Gasteiger charge is -2.33. The van der Waals surface area contributed by atoms with E-state index in [0.29, 0.717) is 17.0 Å². The van der Waals surface area contributed by atoms with E-state index in [9.17, 15) is 18.0 Å². The summed E-state index contributed by atoms with van der Waals surface area (Å²) < 4.78 is 26.3. The van der Waals surface area contributed by atoms with Gasteiger partial charge < -0.3 is 10.2 Å². The normalized spacial score (nSPS) is 14.9. The zero-order valence-corrected chi connectivity index (χ0v) is 23.3. The van der Waals surface area contributed by atoms with Crippen molar-refractivity contribution >= 4 is 62.3 Å². The maximum Gasteiger partial charge on any atom is 0.244 e. The summed E-state index contributed by atoms with van der Waals surface area (Å²) in [6, 6.07) is 10.7. The molecular weight excluding hydrogens is 545 g/mol. The van der Waals surface area contributed by atoms with Gasteiger partial charge in [-0.15, -0.1) is 0 Å². The monoisotopic (exact) mass is 573 g/mol. The summed E-state index contributed by atoms with van der Waals surface area (Å²) in [5, 5.41) is 3.93. The van der Waals surface area contributed by atoms with Gasteiger partial charge >= 0.3 is 0 Å². The lowest BCUT2D eigenvalue weighted by molar-refractivity contribution is -0.140. The Morgan fingerprint density at radius 3 is 2.28 bits per heavy atom. The van der Waals surface area contributed by atoms with Gasteiger partial charge in [0.05, 0.1) is 22.0 Å².